The summed E-state index contributed by atoms with van der Waals surface area (Å²) in [5.74, 6) is 2.03. The third-order valence-corrected chi connectivity index (χ3v) is 3.85. The Morgan fingerprint density at radius 2 is 2.29 bits per heavy atom. The quantitative estimate of drug-likeness (QED) is 0.936. The molecule has 0 spiro atoms. The van der Waals surface area contributed by atoms with E-state index in [0.717, 1.165) is 43.6 Å². The normalized spacial score (nSPS) is 20.3. The molecule has 1 N–H and O–H groups in total. The van der Waals surface area contributed by atoms with Crippen LogP contribution in [-0.2, 0) is 11.3 Å². The number of nitrogens with zero attached hydrogens (tertiary/aromatic N) is 4. The molecule has 0 amide bonds. The van der Waals surface area contributed by atoms with E-state index in [2.05, 4.69) is 38.3 Å². The minimum absolute atomic E-state index is 0.0231. The van der Waals surface area contributed by atoms with E-state index in [0.29, 0.717) is 6.04 Å². The molecule has 6 nitrogen and oxygen atoms in total. The standard InChI is InChI=1S/C15H23N5O/c1-11(2)20-5-4-16-14(20)10-19-6-7-21-13(9-19)15-17-8-12(3)18-15/h4-5,8,11,13H,6-7,9-10H2,1-3H3,(H,17,18)/t13-/m1/s1. The monoisotopic (exact) mass is 289 g/mol. The second-order valence-corrected chi connectivity index (χ2v) is 5.89. The van der Waals surface area contributed by atoms with Gasteiger partial charge in [-0.1, -0.05) is 0 Å². The fourth-order valence-electron chi connectivity index (χ4n) is 2.74. The third kappa shape index (κ3) is 3.16. The van der Waals surface area contributed by atoms with Crippen LogP contribution in [0.15, 0.2) is 18.6 Å². The molecule has 0 aliphatic carbocycles. The van der Waals surface area contributed by atoms with Gasteiger partial charge in [-0.3, -0.25) is 4.90 Å². The van der Waals surface area contributed by atoms with E-state index in [9.17, 15) is 0 Å². The molecule has 0 bridgehead atoms. The molecule has 3 heterocycles. The number of nitrogens with one attached hydrogen (secondary N) is 1. The first-order valence-electron chi connectivity index (χ1n) is 7.50. The summed E-state index contributed by atoms with van der Waals surface area (Å²) in [5.41, 5.74) is 1.07. The van der Waals surface area contributed by atoms with E-state index < -0.39 is 0 Å². The zero-order chi connectivity index (χ0) is 14.8. The lowest BCUT2D eigenvalue weighted by Crippen LogP contribution is -2.38. The first-order valence-corrected chi connectivity index (χ1v) is 7.50. The van der Waals surface area contributed by atoms with Gasteiger partial charge in [-0.2, -0.15) is 0 Å². The maximum Gasteiger partial charge on any atom is 0.136 e. The van der Waals surface area contributed by atoms with E-state index in [1.54, 1.807) is 0 Å². The molecule has 3 rings (SSSR count). The second-order valence-electron chi connectivity index (χ2n) is 5.89. The molecule has 6 heteroatoms. The summed E-state index contributed by atoms with van der Waals surface area (Å²) in [6.45, 7) is 9.73. The largest absolute Gasteiger partial charge is 0.368 e. The van der Waals surface area contributed by atoms with Gasteiger partial charge in [-0.15, -0.1) is 0 Å². The van der Waals surface area contributed by atoms with Crippen LogP contribution in [-0.4, -0.2) is 44.1 Å². The maximum atomic E-state index is 5.84. The number of hydrogen-bond acceptors (Lipinski definition) is 4. The van der Waals surface area contributed by atoms with Gasteiger partial charge in [0.2, 0.25) is 0 Å². The van der Waals surface area contributed by atoms with Crippen LogP contribution in [0, 0.1) is 6.92 Å². The van der Waals surface area contributed by atoms with Crippen molar-refractivity contribution in [1.82, 2.24) is 24.4 Å². The van der Waals surface area contributed by atoms with Crippen LogP contribution >= 0.6 is 0 Å². The average molecular weight is 289 g/mol. The van der Waals surface area contributed by atoms with E-state index >= 15 is 0 Å². The SMILES string of the molecule is Cc1cnc([C@H]2CN(Cc3nccn3C(C)C)CCO2)[nH]1. The second kappa shape index (κ2) is 5.99. The molecule has 1 aliphatic heterocycles. The molecule has 0 saturated carbocycles. The lowest BCUT2D eigenvalue weighted by molar-refractivity contribution is -0.0379. The number of aromatic amines is 1. The molecule has 2 aromatic heterocycles. The molecule has 0 unspecified atom stereocenters. The number of rotatable bonds is 4. The van der Waals surface area contributed by atoms with Crippen LogP contribution in [0.25, 0.3) is 0 Å². The van der Waals surface area contributed by atoms with Crippen molar-refractivity contribution in [3.05, 3.63) is 35.9 Å². The average Bonchev–Trinajstić information content (AvgIpc) is 3.08. The zero-order valence-electron chi connectivity index (χ0n) is 12.9. The molecule has 21 heavy (non-hydrogen) atoms. The predicted molar refractivity (Wildman–Crippen MR) is 79.9 cm³/mol. The molecule has 0 radical (unpaired) electrons. The lowest BCUT2D eigenvalue weighted by atomic mass is 10.2. The molecular formula is C15H23N5O. The number of aromatic nitrogens is 4. The lowest BCUT2D eigenvalue weighted by Gasteiger charge is -2.32. The Kier molecular flexibility index (Phi) is 4.07. The van der Waals surface area contributed by atoms with Gasteiger partial charge < -0.3 is 14.3 Å². The minimum Gasteiger partial charge on any atom is -0.368 e. The van der Waals surface area contributed by atoms with Crippen molar-refractivity contribution in [2.24, 2.45) is 0 Å². The fraction of sp³-hybridized carbons (Fsp3) is 0.600. The van der Waals surface area contributed by atoms with Gasteiger partial charge in [-0.25, -0.2) is 9.97 Å². The number of H-pyrrole nitrogens is 1. The highest BCUT2D eigenvalue weighted by Crippen LogP contribution is 2.21. The Morgan fingerprint density at radius 1 is 1.43 bits per heavy atom. The Labute approximate surface area is 125 Å². The predicted octanol–water partition coefficient (Wildman–Crippen LogP) is 2.07. The van der Waals surface area contributed by atoms with Crippen molar-refractivity contribution in [3.63, 3.8) is 0 Å². The molecular weight excluding hydrogens is 266 g/mol. The van der Waals surface area contributed by atoms with Gasteiger partial charge in [-0.05, 0) is 20.8 Å². The van der Waals surface area contributed by atoms with E-state index in [-0.39, 0.29) is 6.10 Å². The number of hydrogen-bond donors (Lipinski definition) is 1. The van der Waals surface area contributed by atoms with E-state index in [4.69, 9.17) is 4.74 Å². The van der Waals surface area contributed by atoms with Crippen LogP contribution < -0.4 is 0 Å². The highest BCUT2D eigenvalue weighted by molar-refractivity contribution is 5.03. The Morgan fingerprint density at radius 3 is 3.00 bits per heavy atom. The van der Waals surface area contributed by atoms with Gasteiger partial charge in [0.1, 0.15) is 17.8 Å². The molecule has 1 saturated heterocycles. The van der Waals surface area contributed by atoms with Crippen LogP contribution in [0.2, 0.25) is 0 Å². The first-order chi connectivity index (χ1) is 10.1. The summed E-state index contributed by atoms with van der Waals surface area (Å²) in [5, 5.41) is 0. The summed E-state index contributed by atoms with van der Waals surface area (Å²) in [4.78, 5) is 14.5. The van der Waals surface area contributed by atoms with E-state index in [1.807, 2.05) is 25.5 Å². The number of imidazole rings is 2. The Balaban J connectivity index is 1.67. The van der Waals surface area contributed by atoms with Gasteiger partial charge in [0.15, 0.2) is 0 Å². The molecule has 1 fully saturated rings. The molecule has 1 aliphatic rings. The minimum atomic E-state index is 0.0231. The van der Waals surface area contributed by atoms with E-state index in [1.165, 1.54) is 0 Å². The van der Waals surface area contributed by atoms with Gasteiger partial charge in [0.25, 0.3) is 0 Å². The number of morpholine rings is 1. The van der Waals surface area contributed by atoms with Crippen LogP contribution in [0.4, 0.5) is 0 Å². The summed E-state index contributed by atoms with van der Waals surface area (Å²) in [6.07, 6.45) is 5.80. The molecule has 0 aromatic carbocycles. The van der Waals surface area contributed by atoms with Crippen molar-refractivity contribution in [3.8, 4) is 0 Å². The Bertz CT molecular complexity index is 588. The molecule has 1 atom stereocenters. The fourth-order valence-corrected chi connectivity index (χ4v) is 2.74. The van der Waals surface area contributed by atoms with Crippen LogP contribution in [0.5, 0.6) is 0 Å². The summed E-state index contributed by atoms with van der Waals surface area (Å²) < 4.78 is 8.07. The highest BCUT2D eigenvalue weighted by atomic mass is 16.5. The number of aryl methyl sites for hydroxylation is 1. The van der Waals surface area contributed by atoms with Crippen LogP contribution in [0.1, 0.15) is 43.3 Å². The third-order valence-electron chi connectivity index (χ3n) is 3.85. The van der Waals surface area contributed by atoms with Crippen LogP contribution in [0.3, 0.4) is 0 Å². The maximum absolute atomic E-state index is 5.84. The topological polar surface area (TPSA) is 59.0 Å². The van der Waals surface area contributed by atoms with Gasteiger partial charge >= 0.3 is 0 Å². The molecule has 114 valence electrons. The summed E-state index contributed by atoms with van der Waals surface area (Å²) >= 11 is 0. The van der Waals surface area contributed by atoms with Gasteiger partial charge in [0.05, 0.1) is 13.2 Å². The number of ether oxygens (including phenoxy) is 1. The van der Waals surface area contributed by atoms with Gasteiger partial charge in [0, 0.05) is 43.4 Å². The van der Waals surface area contributed by atoms with Crippen molar-refractivity contribution >= 4 is 0 Å². The smallest absolute Gasteiger partial charge is 0.136 e. The first kappa shape index (κ1) is 14.3. The van der Waals surface area contributed by atoms with Crippen molar-refractivity contribution in [2.75, 3.05) is 19.7 Å². The summed E-state index contributed by atoms with van der Waals surface area (Å²) in [6, 6.07) is 0.437. The summed E-state index contributed by atoms with van der Waals surface area (Å²) in [7, 11) is 0. The van der Waals surface area contributed by atoms with Crippen molar-refractivity contribution in [2.45, 2.75) is 39.5 Å². The highest BCUT2D eigenvalue weighted by Gasteiger charge is 2.25. The molecule has 2 aromatic rings. The zero-order valence-corrected chi connectivity index (χ0v) is 12.9. The van der Waals surface area contributed by atoms with Crippen molar-refractivity contribution < 1.29 is 4.74 Å². The Hall–Kier alpha value is -1.66. The van der Waals surface area contributed by atoms with Crippen molar-refractivity contribution in [1.29, 1.82) is 0 Å².